The molecule has 0 bridgehead atoms. The Morgan fingerprint density at radius 3 is 2.19 bits per heavy atom. The second-order valence-corrected chi connectivity index (χ2v) is 11.4. The largest absolute Gasteiger partial charge is 0.486 e. The number of carboxylic acid groups (broad SMARTS) is 1. The van der Waals surface area contributed by atoms with E-state index < -0.39 is 53.8 Å². The van der Waals surface area contributed by atoms with Crippen LogP contribution in [0.5, 0.6) is 23.0 Å². The van der Waals surface area contributed by atoms with E-state index in [0.29, 0.717) is 28.5 Å². The summed E-state index contributed by atoms with van der Waals surface area (Å²) in [5.41, 5.74) is 17.3. The maximum absolute atomic E-state index is 13.9. The van der Waals surface area contributed by atoms with E-state index in [4.69, 9.17) is 36.1 Å². The van der Waals surface area contributed by atoms with Gasteiger partial charge in [-0.05, 0) is 66.4 Å². The Balaban J connectivity index is 1.52. The number of carbonyl (C=O) groups is 4. The van der Waals surface area contributed by atoms with E-state index >= 15 is 0 Å². The molecular weight excluding hydrogens is 610 g/mol. The van der Waals surface area contributed by atoms with Crippen molar-refractivity contribution in [2.24, 2.45) is 23.1 Å². The maximum Gasteiger partial charge on any atom is 0.322 e. The summed E-state index contributed by atoms with van der Waals surface area (Å²) in [4.78, 5) is 52.3. The van der Waals surface area contributed by atoms with Gasteiger partial charge < -0.3 is 41.3 Å². The number of nitrogens with one attached hydrogen (secondary N) is 1. The highest BCUT2D eigenvalue weighted by molar-refractivity contribution is 6.11. The van der Waals surface area contributed by atoms with E-state index in [9.17, 15) is 24.3 Å². The third-order valence-corrected chi connectivity index (χ3v) is 7.83. The van der Waals surface area contributed by atoms with Crippen molar-refractivity contribution >= 4 is 29.4 Å². The molecule has 1 aliphatic rings. The van der Waals surface area contributed by atoms with Gasteiger partial charge in [-0.15, -0.1) is 0 Å². The molecule has 3 aromatic rings. The van der Waals surface area contributed by atoms with Gasteiger partial charge in [0.05, 0.1) is 5.69 Å². The zero-order valence-electron chi connectivity index (χ0n) is 26.3. The van der Waals surface area contributed by atoms with Crippen molar-refractivity contribution in [3.8, 4) is 23.0 Å². The minimum atomic E-state index is -2.10. The fourth-order valence-corrected chi connectivity index (χ4v) is 5.15. The van der Waals surface area contributed by atoms with Crippen LogP contribution in [0.1, 0.15) is 25.0 Å². The minimum absolute atomic E-state index is 0.0214. The molecule has 1 heterocycles. The number of anilines is 1. The smallest absolute Gasteiger partial charge is 0.322 e. The fraction of sp³-hybridized carbons (Fsp3) is 0.333. The molecule has 0 saturated carbocycles. The lowest BCUT2D eigenvalue weighted by Gasteiger charge is -2.37. The monoisotopic (exact) mass is 649 g/mol. The number of carbonyl (C=O) groups excluding carboxylic acids is 3. The zero-order valence-corrected chi connectivity index (χ0v) is 26.3. The summed E-state index contributed by atoms with van der Waals surface area (Å²) in [6.07, 6.45) is -0.249. The summed E-state index contributed by atoms with van der Waals surface area (Å²) in [7, 11) is 0. The van der Waals surface area contributed by atoms with Crippen LogP contribution in [-0.2, 0) is 20.8 Å². The van der Waals surface area contributed by atoms with Crippen molar-refractivity contribution in [3.63, 3.8) is 0 Å². The Kier molecular flexibility index (Phi) is 10.9. The number of amides is 3. The van der Waals surface area contributed by atoms with E-state index in [1.807, 2.05) is 19.1 Å². The van der Waals surface area contributed by atoms with Crippen molar-refractivity contribution in [2.45, 2.75) is 44.8 Å². The summed E-state index contributed by atoms with van der Waals surface area (Å²) in [5, 5.41) is 12.6. The Morgan fingerprint density at radius 1 is 0.957 bits per heavy atom. The predicted molar refractivity (Wildman–Crippen MR) is 171 cm³/mol. The van der Waals surface area contributed by atoms with Crippen LogP contribution in [0.25, 0.3) is 0 Å². The SMILES string of the molecule is Cc1ccccc1N(COc1ccc(OCC(=O)C(Cc2ccc3c(c2)OCO3)(NC(C(C)C)[C@H](N)C(=O)O)C(N)=O)cc1)C(N)=O. The molecule has 0 fully saturated rings. The number of primary amides is 2. The number of benzene rings is 3. The van der Waals surface area contributed by atoms with Crippen molar-refractivity contribution in [1.82, 2.24) is 5.32 Å². The lowest BCUT2D eigenvalue weighted by Crippen LogP contribution is -2.70. The van der Waals surface area contributed by atoms with E-state index in [-0.39, 0.29) is 25.7 Å². The van der Waals surface area contributed by atoms with Crippen LogP contribution in [0.2, 0.25) is 0 Å². The predicted octanol–water partition coefficient (Wildman–Crippen LogP) is 2.09. The molecule has 0 aromatic heterocycles. The molecule has 250 valence electrons. The third kappa shape index (κ3) is 8.09. The molecular formula is C33H39N5O9. The molecule has 3 amide bonds. The van der Waals surface area contributed by atoms with E-state index in [1.54, 1.807) is 68.4 Å². The van der Waals surface area contributed by atoms with Crippen LogP contribution in [0, 0.1) is 12.8 Å². The molecule has 0 spiro atoms. The Hall–Kier alpha value is -5.34. The van der Waals surface area contributed by atoms with Gasteiger partial charge >= 0.3 is 12.0 Å². The van der Waals surface area contributed by atoms with Crippen LogP contribution in [-0.4, -0.2) is 66.6 Å². The number of urea groups is 1. The van der Waals surface area contributed by atoms with Gasteiger partial charge in [-0.3, -0.25) is 24.6 Å². The van der Waals surface area contributed by atoms with Crippen molar-refractivity contribution in [1.29, 1.82) is 0 Å². The lowest BCUT2D eigenvalue weighted by molar-refractivity contribution is -0.143. The maximum atomic E-state index is 13.9. The zero-order chi connectivity index (χ0) is 34.3. The number of nitrogens with two attached hydrogens (primary N) is 3. The standard InChI is InChI=1S/C33H39N5O9/c1-19(2)29(28(34)30(40)41)37-33(31(35)42,15-21-8-13-25-26(14-21)47-18-46-25)27(39)16-44-22-9-11-23(12-10-22)45-17-38(32(36)43)24-7-5-4-6-20(24)3/h4-14,19,28-29,37H,15-18,34H2,1-3H3,(H2,35,42)(H2,36,43)(H,40,41)/t28-,29?,33?/m0/s1. The molecule has 47 heavy (non-hydrogen) atoms. The summed E-state index contributed by atoms with van der Waals surface area (Å²) in [6, 6.07) is 15.2. The van der Waals surface area contributed by atoms with E-state index in [0.717, 1.165) is 5.56 Å². The second-order valence-electron chi connectivity index (χ2n) is 11.4. The van der Waals surface area contributed by atoms with Crippen LogP contribution in [0.4, 0.5) is 10.5 Å². The average molecular weight is 650 g/mol. The highest BCUT2D eigenvalue weighted by Crippen LogP contribution is 2.34. The van der Waals surface area contributed by atoms with Gasteiger partial charge in [0.1, 0.15) is 24.1 Å². The molecule has 0 saturated heterocycles. The number of hydrogen-bond acceptors (Lipinski definition) is 10. The highest BCUT2D eigenvalue weighted by atomic mass is 16.7. The molecule has 0 aliphatic carbocycles. The first-order valence-corrected chi connectivity index (χ1v) is 14.8. The topological polar surface area (TPSA) is 219 Å². The van der Waals surface area contributed by atoms with Crippen LogP contribution in [0.15, 0.2) is 66.7 Å². The number of hydrogen-bond donors (Lipinski definition) is 5. The number of ether oxygens (including phenoxy) is 4. The van der Waals surface area contributed by atoms with E-state index in [1.165, 1.54) is 4.90 Å². The van der Waals surface area contributed by atoms with Gasteiger partial charge in [-0.1, -0.05) is 38.1 Å². The van der Waals surface area contributed by atoms with Crippen LogP contribution >= 0.6 is 0 Å². The lowest BCUT2D eigenvalue weighted by atomic mass is 9.82. The molecule has 14 nitrogen and oxygen atoms in total. The molecule has 1 aliphatic heterocycles. The molecule has 4 rings (SSSR count). The Labute approximate surface area is 271 Å². The van der Waals surface area contributed by atoms with Crippen molar-refractivity contribution < 1.29 is 43.2 Å². The molecule has 2 unspecified atom stereocenters. The first-order chi connectivity index (χ1) is 22.3. The number of aliphatic carboxylic acids is 1. The number of Topliss-reactive ketones (excluding diaryl/α,β-unsaturated/α-hetero) is 1. The Morgan fingerprint density at radius 2 is 1.60 bits per heavy atom. The number of ketones is 1. The summed E-state index contributed by atoms with van der Waals surface area (Å²) < 4.78 is 22.3. The van der Waals surface area contributed by atoms with Gasteiger partial charge in [0.2, 0.25) is 12.7 Å². The number of carboxylic acids is 1. The van der Waals surface area contributed by atoms with Crippen LogP contribution < -0.4 is 46.4 Å². The summed E-state index contributed by atoms with van der Waals surface area (Å²) >= 11 is 0. The van der Waals surface area contributed by atoms with Crippen molar-refractivity contribution in [3.05, 3.63) is 77.9 Å². The minimum Gasteiger partial charge on any atom is -0.486 e. The van der Waals surface area contributed by atoms with Gasteiger partial charge in [0.25, 0.3) is 0 Å². The van der Waals surface area contributed by atoms with Crippen LogP contribution in [0.3, 0.4) is 0 Å². The molecule has 14 heteroatoms. The third-order valence-electron chi connectivity index (χ3n) is 7.83. The fourth-order valence-electron chi connectivity index (χ4n) is 5.15. The Bertz CT molecular complexity index is 1610. The summed E-state index contributed by atoms with van der Waals surface area (Å²) in [6.45, 7) is 4.53. The quantitative estimate of drug-likeness (QED) is 0.112. The number of nitrogens with zero attached hydrogens (tertiary/aromatic N) is 1. The second kappa shape index (κ2) is 14.8. The van der Waals surface area contributed by atoms with Crippen molar-refractivity contribution in [2.75, 3.05) is 25.0 Å². The van der Waals surface area contributed by atoms with Gasteiger partial charge in [0.15, 0.2) is 29.6 Å². The molecule has 8 N–H and O–H groups in total. The highest BCUT2D eigenvalue weighted by Gasteiger charge is 2.48. The number of aryl methyl sites for hydroxylation is 1. The van der Waals surface area contributed by atoms with Gasteiger partial charge in [0, 0.05) is 12.5 Å². The van der Waals surface area contributed by atoms with Gasteiger partial charge in [-0.25, -0.2) is 4.79 Å². The molecule has 0 radical (unpaired) electrons. The first kappa shape index (κ1) is 34.5. The van der Waals surface area contributed by atoms with Gasteiger partial charge in [-0.2, -0.15) is 0 Å². The molecule has 3 aromatic carbocycles. The number of rotatable bonds is 16. The number of fused-ring (bicyclic) bond motifs is 1. The normalized spacial score (nSPS) is 14.5. The summed E-state index contributed by atoms with van der Waals surface area (Å²) in [5.74, 6) is -1.94. The number of para-hydroxylation sites is 1. The molecule has 3 atom stereocenters. The average Bonchev–Trinajstić information content (AvgIpc) is 3.50. The van der Waals surface area contributed by atoms with E-state index in [2.05, 4.69) is 5.32 Å². The first-order valence-electron chi connectivity index (χ1n) is 14.8.